The minimum Gasteiger partial charge on any atom is -0.382 e. The van der Waals surface area contributed by atoms with Crippen LogP contribution in [0, 0.1) is 0 Å². The van der Waals surface area contributed by atoms with E-state index in [0.29, 0.717) is 11.3 Å². The molecule has 3 aromatic rings. The van der Waals surface area contributed by atoms with E-state index in [0.717, 1.165) is 31.5 Å². The van der Waals surface area contributed by atoms with Crippen LogP contribution < -0.4 is 5.73 Å². The monoisotopic (exact) mass is 267 g/mol. The average Bonchev–Trinajstić information content (AvgIpc) is 2.90. The van der Waals surface area contributed by atoms with Crippen molar-refractivity contribution < 1.29 is 0 Å². The molecular weight excluding hydrogens is 250 g/mol. The van der Waals surface area contributed by atoms with E-state index >= 15 is 0 Å². The summed E-state index contributed by atoms with van der Waals surface area (Å²) in [6, 6.07) is 10.5. The molecule has 102 valence electrons. The van der Waals surface area contributed by atoms with E-state index in [1.807, 2.05) is 10.6 Å². The number of benzene rings is 1. The molecule has 1 aromatic carbocycles. The highest BCUT2D eigenvalue weighted by Gasteiger charge is 2.06. The molecule has 0 saturated carbocycles. The Labute approximate surface area is 117 Å². The molecule has 5 nitrogen and oxygen atoms in total. The van der Waals surface area contributed by atoms with Crippen LogP contribution >= 0.6 is 0 Å². The Bertz CT molecular complexity index is 690. The van der Waals surface area contributed by atoms with E-state index < -0.39 is 0 Å². The standard InChI is InChI=1S/C15H17N5/c16-14-13-15(18-10-17-14)20(11-19-13)9-5-4-8-12-6-2-1-3-7-12/h1-3,6-7,10-11H,4-5,8-9H2,(H2,16,17,18). The zero-order valence-corrected chi connectivity index (χ0v) is 11.2. The number of rotatable bonds is 5. The number of nitrogens with two attached hydrogens (primary N) is 1. The van der Waals surface area contributed by atoms with Crippen LogP contribution in [-0.2, 0) is 13.0 Å². The molecule has 3 rings (SSSR count). The average molecular weight is 267 g/mol. The molecule has 0 fully saturated rings. The van der Waals surface area contributed by atoms with Crippen molar-refractivity contribution in [3.63, 3.8) is 0 Å². The fraction of sp³-hybridized carbons (Fsp3) is 0.267. The van der Waals surface area contributed by atoms with Crippen LogP contribution in [-0.4, -0.2) is 19.5 Å². The molecule has 0 atom stereocenters. The van der Waals surface area contributed by atoms with Gasteiger partial charge < -0.3 is 10.3 Å². The lowest BCUT2D eigenvalue weighted by Gasteiger charge is -2.04. The van der Waals surface area contributed by atoms with Gasteiger partial charge in [-0.15, -0.1) is 0 Å². The minimum absolute atomic E-state index is 0.443. The molecule has 2 N–H and O–H groups in total. The first-order chi connectivity index (χ1) is 9.84. The molecule has 0 amide bonds. The van der Waals surface area contributed by atoms with E-state index in [1.165, 1.54) is 11.9 Å². The van der Waals surface area contributed by atoms with Crippen molar-refractivity contribution in [3.8, 4) is 0 Å². The van der Waals surface area contributed by atoms with E-state index in [9.17, 15) is 0 Å². The number of nitrogens with zero attached hydrogens (tertiary/aromatic N) is 4. The van der Waals surface area contributed by atoms with Crippen molar-refractivity contribution in [2.75, 3.05) is 5.73 Å². The van der Waals surface area contributed by atoms with Gasteiger partial charge in [-0.3, -0.25) is 0 Å². The summed E-state index contributed by atoms with van der Waals surface area (Å²) in [7, 11) is 0. The van der Waals surface area contributed by atoms with Gasteiger partial charge in [-0.25, -0.2) is 15.0 Å². The lowest BCUT2D eigenvalue weighted by Crippen LogP contribution is -2.00. The number of unbranched alkanes of at least 4 members (excludes halogenated alkanes) is 1. The van der Waals surface area contributed by atoms with Gasteiger partial charge >= 0.3 is 0 Å². The van der Waals surface area contributed by atoms with Crippen molar-refractivity contribution in [1.29, 1.82) is 0 Å². The predicted molar refractivity (Wildman–Crippen MR) is 79.1 cm³/mol. The fourth-order valence-corrected chi connectivity index (χ4v) is 2.32. The van der Waals surface area contributed by atoms with Crippen LogP contribution in [0.3, 0.4) is 0 Å². The molecule has 5 heteroatoms. The zero-order chi connectivity index (χ0) is 13.8. The van der Waals surface area contributed by atoms with Crippen LogP contribution in [0.2, 0.25) is 0 Å². The maximum Gasteiger partial charge on any atom is 0.165 e. The molecule has 2 aromatic heterocycles. The normalized spacial score (nSPS) is 11.0. The van der Waals surface area contributed by atoms with E-state index in [1.54, 1.807) is 6.33 Å². The molecule has 0 aliphatic heterocycles. The number of hydrogen-bond acceptors (Lipinski definition) is 4. The zero-order valence-electron chi connectivity index (χ0n) is 11.2. The second-order valence-corrected chi connectivity index (χ2v) is 4.81. The van der Waals surface area contributed by atoms with Gasteiger partial charge in [0, 0.05) is 6.54 Å². The quantitative estimate of drug-likeness (QED) is 0.721. The summed E-state index contributed by atoms with van der Waals surface area (Å²) < 4.78 is 2.04. The first kappa shape index (κ1) is 12.6. The number of fused-ring (bicyclic) bond motifs is 1. The van der Waals surface area contributed by atoms with Gasteiger partial charge in [0.25, 0.3) is 0 Å². The third-order valence-electron chi connectivity index (χ3n) is 3.39. The van der Waals surface area contributed by atoms with Gasteiger partial charge in [-0.2, -0.15) is 0 Å². The van der Waals surface area contributed by atoms with E-state index in [2.05, 4.69) is 39.2 Å². The van der Waals surface area contributed by atoms with Crippen molar-refractivity contribution >= 4 is 17.0 Å². The first-order valence-corrected chi connectivity index (χ1v) is 6.80. The second kappa shape index (κ2) is 5.69. The van der Waals surface area contributed by atoms with Gasteiger partial charge in [-0.1, -0.05) is 30.3 Å². The smallest absolute Gasteiger partial charge is 0.165 e. The van der Waals surface area contributed by atoms with Crippen molar-refractivity contribution in [2.45, 2.75) is 25.8 Å². The van der Waals surface area contributed by atoms with Gasteiger partial charge in [0.05, 0.1) is 6.33 Å². The SMILES string of the molecule is Nc1ncnc2c1ncn2CCCCc1ccccc1. The molecular formula is C15H17N5. The highest BCUT2D eigenvalue weighted by atomic mass is 15.1. The lowest BCUT2D eigenvalue weighted by atomic mass is 10.1. The molecule has 0 saturated heterocycles. The second-order valence-electron chi connectivity index (χ2n) is 4.81. The third-order valence-corrected chi connectivity index (χ3v) is 3.39. The number of nitrogen functional groups attached to an aromatic ring is 1. The molecule has 0 aliphatic carbocycles. The van der Waals surface area contributed by atoms with Crippen molar-refractivity contribution in [2.24, 2.45) is 0 Å². The van der Waals surface area contributed by atoms with Gasteiger partial charge in [0.1, 0.15) is 11.8 Å². The summed E-state index contributed by atoms with van der Waals surface area (Å²) in [5, 5.41) is 0. The summed E-state index contributed by atoms with van der Waals surface area (Å²) in [6.07, 6.45) is 6.61. The van der Waals surface area contributed by atoms with Crippen LogP contribution in [0.25, 0.3) is 11.2 Å². The Morgan fingerprint density at radius 3 is 2.70 bits per heavy atom. The summed E-state index contributed by atoms with van der Waals surface area (Å²) in [5.41, 5.74) is 8.66. The summed E-state index contributed by atoms with van der Waals surface area (Å²) in [5.74, 6) is 0.443. The molecule has 0 radical (unpaired) electrons. The van der Waals surface area contributed by atoms with Crippen LogP contribution in [0.4, 0.5) is 5.82 Å². The van der Waals surface area contributed by atoms with Gasteiger partial charge in [0.2, 0.25) is 0 Å². The first-order valence-electron chi connectivity index (χ1n) is 6.80. The summed E-state index contributed by atoms with van der Waals surface area (Å²) >= 11 is 0. The van der Waals surface area contributed by atoms with E-state index in [4.69, 9.17) is 5.73 Å². The fourth-order valence-electron chi connectivity index (χ4n) is 2.32. The molecule has 0 bridgehead atoms. The van der Waals surface area contributed by atoms with Gasteiger partial charge in [0.15, 0.2) is 11.5 Å². The predicted octanol–water partition coefficient (Wildman–Crippen LogP) is 2.43. The number of aryl methyl sites for hydroxylation is 2. The number of anilines is 1. The molecule has 0 spiro atoms. The highest BCUT2D eigenvalue weighted by molar-refractivity contribution is 5.80. The number of imidazole rings is 1. The lowest BCUT2D eigenvalue weighted by molar-refractivity contribution is 0.617. The van der Waals surface area contributed by atoms with Crippen LogP contribution in [0.5, 0.6) is 0 Å². The Morgan fingerprint density at radius 1 is 1.00 bits per heavy atom. The molecule has 20 heavy (non-hydrogen) atoms. The van der Waals surface area contributed by atoms with Gasteiger partial charge in [-0.05, 0) is 24.8 Å². The topological polar surface area (TPSA) is 69.6 Å². The summed E-state index contributed by atoms with van der Waals surface area (Å²) in [4.78, 5) is 12.5. The maximum atomic E-state index is 5.77. The molecule has 0 unspecified atom stereocenters. The Balaban J connectivity index is 1.59. The molecule has 2 heterocycles. The maximum absolute atomic E-state index is 5.77. The Kier molecular flexibility index (Phi) is 3.58. The summed E-state index contributed by atoms with van der Waals surface area (Å²) in [6.45, 7) is 0.903. The van der Waals surface area contributed by atoms with Crippen LogP contribution in [0.1, 0.15) is 18.4 Å². The Morgan fingerprint density at radius 2 is 1.85 bits per heavy atom. The van der Waals surface area contributed by atoms with Crippen molar-refractivity contribution in [3.05, 3.63) is 48.5 Å². The largest absolute Gasteiger partial charge is 0.382 e. The third kappa shape index (κ3) is 2.61. The number of hydrogen-bond donors (Lipinski definition) is 1. The number of aromatic nitrogens is 4. The Hall–Kier alpha value is -2.43. The van der Waals surface area contributed by atoms with Crippen LogP contribution in [0.15, 0.2) is 43.0 Å². The van der Waals surface area contributed by atoms with Crippen molar-refractivity contribution in [1.82, 2.24) is 19.5 Å². The molecule has 0 aliphatic rings. The minimum atomic E-state index is 0.443. The van der Waals surface area contributed by atoms with E-state index in [-0.39, 0.29) is 0 Å². The highest BCUT2D eigenvalue weighted by Crippen LogP contribution is 2.15.